The van der Waals surface area contributed by atoms with Gasteiger partial charge in [0.2, 0.25) is 0 Å². The van der Waals surface area contributed by atoms with Gasteiger partial charge in [0.15, 0.2) is 0 Å². The van der Waals surface area contributed by atoms with Gasteiger partial charge in [-0.2, -0.15) is 0 Å². The predicted octanol–water partition coefficient (Wildman–Crippen LogP) is 3.10. The van der Waals surface area contributed by atoms with Gasteiger partial charge < -0.3 is 14.8 Å². The van der Waals surface area contributed by atoms with Crippen LogP contribution in [0.2, 0.25) is 0 Å². The van der Waals surface area contributed by atoms with Crippen LogP contribution in [0, 0.1) is 6.92 Å². The van der Waals surface area contributed by atoms with E-state index in [0.717, 1.165) is 11.1 Å². The molecule has 0 aliphatic heterocycles. The van der Waals surface area contributed by atoms with Crippen LogP contribution in [0.1, 0.15) is 21.6 Å². The van der Waals surface area contributed by atoms with Gasteiger partial charge in [0.1, 0.15) is 17.2 Å². The Kier molecular flexibility index (Phi) is 5.38. The van der Waals surface area contributed by atoms with E-state index in [9.17, 15) is 4.79 Å². The van der Waals surface area contributed by atoms with E-state index >= 15 is 0 Å². The minimum Gasteiger partial charge on any atom is -0.497 e. The number of amides is 1. The van der Waals surface area contributed by atoms with E-state index in [1.165, 1.54) is 0 Å². The summed E-state index contributed by atoms with van der Waals surface area (Å²) in [4.78, 5) is 16.4. The van der Waals surface area contributed by atoms with E-state index in [0.29, 0.717) is 28.2 Å². The zero-order chi connectivity index (χ0) is 16.1. The second kappa shape index (κ2) is 7.26. The lowest BCUT2D eigenvalue weighted by atomic mass is 10.2. The van der Waals surface area contributed by atoms with Gasteiger partial charge in [-0.15, -0.1) is 0 Å². The average Bonchev–Trinajstić information content (AvgIpc) is 2.52. The van der Waals surface area contributed by atoms with Crippen molar-refractivity contribution >= 4 is 21.8 Å². The molecule has 2 rings (SSSR count). The van der Waals surface area contributed by atoms with E-state index in [4.69, 9.17) is 9.47 Å². The molecule has 6 heteroatoms. The van der Waals surface area contributed by atoms with E-state index in [1.54, 1.807) is 26.5 Å². The third-order valence-corrected chi connectivity index (χ3v) is 3.73. The number of nitrogens with one attached hydrogen (secondary N) is 1. The van der Waals surface area contributed by atoms with Gasteiger partial charge in [-0.25, -0.2) is 4.98 Å². The first kappa shape index (κ1) is 16.3. The Morgan fingerprint density at radius 3 is 2.68 bits per heavy atom. The fourth-order valence-corrected chi connectivity index (χ4v) is 2.60. The van der Waals surface area contributed by atoms with Gasteiger partial charge in [0.25, 0.3) is 5.91 Å². The van der Waals surface area contributed by atoms with Gasteiger partial charge in [-0.05, 0) is 46.6 Å². The SMILES string of the molecule is COc1ccc(CNC(=O)c2ncc(C)cc2Br)c(OC)c1. The molecule has 0 spiro atoms. The normalized spacial score (nSPS) is 10.2. The maximum atomic E-state index is 12.2. The van der Waals surface area contributed by atoms with Crippen molar-refractivity contribution in [3.05, 3.63) is 51.8 Å². The van der Waals surface area contributed by atoms with Crippen LogP contribution in [0.25, 0.3) is 0 Å². The molecule has 0 atom stereocenters. The van der Waals surface area contributed by atoms with Crippen molar-refractivity contribution in [1.82, 2.24) is 10.3 Å². The minimum atomic E-state index is -0.246. The summed E-state index contributed by atoms with van der Waals surface area (Å²) in [6, 6.07) is 7.32. The van der Waals surface area contributed by atoms with E-state index in [1.807, 2.05) is 25.1 Å². The van der Waals surface area contributed by atoms with Crippen molar-refractivity contribution in [2.75, 3.05) is 14.2 Å². The third kappa shape index (κ3) is 3.76. The van der Waals surface area contributed by atoms with Crippen LogP contribution in [0.3, 0.4) is 0 Å². The van der Waals surface area contributed by atoms with E-state index in [-0.39, 0.29) is 5.91 Å². The summed E-state index contributed by atoms with van der Waals surface area (Å²) in [6.45, 7) is 2.26. The van der Waals surface area contributed by atoms with Gasteiger partial charge in [0.05, 0.1) is 14.2 Å². The van der Waals surface area contributed by atoms with E-state index in [2.05, 4.69) is 26.2 Å². The lowest BCUT2D eigenvalue weighted by Crippen LogP contribution is -2.24. The number of ether oxygens (including phenoxy) is 2. The highest BCUT2D eigenvalue weighted by molar-refractivity contribution is 9.10. The Labute approximate surface area is 137 Å². The topological polar surface area (TPSA) is 60.5 Å². The van der Waals surface area contributed by atoms with Crippen LogP contribution in [0.5, 0.6) is 11.5 Å². The Morgan fingerprint density at radius 1 is 1.27 bits per heavy atom. The summed E-state index contributed by atoms with van der Waals surface area (Å²) in [7, 11) is 3.18. The van der Waals surface area contributed by atoms with Crippen LogP contribution >= 0.6 is 15.9 Å². The highest BCUT2D eigenvalue weighted by atomic mass is 79.9. The van der Waals surface area contributed by atoms with Crippen LogP contribution < -0.4 is 14.8 Å². The number of pyridine rings is 1. The molecule has 22 heavy (non-hydrogen) atoms. The summed E-state index contributed by atoms with van der Waals surface area (Å²) in [5.74, 6) is 1.12. The number of benzene rings is 1. The second-order valence-corrected chi connectivity index (χ2v) is 5.56. The number of aromatic nitrogens is 1. The molecule has 0 saturated carbocycles. The van der Waals surface area contributed by atoms with Gasteiger partial charge in [-0.3, -0.25) is 4.79 Å². The van der Waals surface area contributed by atoms with Crippen LogP contribution in [-0.4, -0.2) is 25.1 Å². The number of halogens is 1. The molecule has 0 aliphatic carbocycles. The third-order valence-electron chi connectivity index (χ3n) is 3.13. The van der Waals surface area contributed by atoms with Crippen molar-refractivity contribution in [3.8, 4) is 11.5 Å². The molecule has 2 aromatic rings. The molecule has 0 unspecified atom stereocenters. The molecular formula is C16H17BrN2O3. The number of carbonyl (C=O) groups excluding carboxylic acids is 1. The molecular weight excluding hydrogens is 348 g/mol. The number of hydrogen-bond acceptors (Lipinski definition) is 4. The van der Waals surface area contributed by atoms with Crippen LogP contribution in [0.4, 0.5) is 0 Å². The van der Waals surface area contributed by atoms with Gasteiger partial charge in [0, 0.05) is 28.8 Å². The summed E-state index contributed by atoms with van der Waals surface area (Å²) in [6.07, 6.45) is 1.66. The smallest absolute Gasteiger partial charge is 0.271 e. The van der Waals surface area contributed by atoms with Crippen molar-refractivity contribution in [2.24, 2.45) is 0 Å². The summed E-state index contributed by atoms with van der Waals surface area (Å²) in [5.41, 5.74) is 2.21. The molecule has 0 saturated heterocycles. The molecule has 5 nitrogen and oxygen atoms in total. The number of hydrogen-bond donors (Lipinski definition) is 1. The number of methoxy groups -OCH3 is 2. The minimum absolute atomic E-state index is 0.246. The lowest BCUT2D eigenvalue weighted by molar-refractivity contribution is 0.0945. The van der Waals surface area contributed by atoms with Crippen molar-refractivity contribution in [2.45, 2.75) is 13.5 Å². The zero-order valence-electron chi connectivity index (χ0n) is 12.6. The van der Waals surface area contributed by atoms with Crippen LogP contribution in [0.15, 0.2) is 34.9 Å². The lowest BCUT2D eigenvalue weighted by Gasteiger charge is -2.11. The first-order valence-corrected chi connectivity index (χ1v) is 7.45. The molecule has 1 amide bonds. The maximum absolute atomic E-state index is 12.2. The molecule has 0 aliphatic rings. The van der Waals surface area contributed by atoms with Crippen molar-refractivity contribution in [1.29, 1.82) is 0 Å². The molecule has 0 radical (unpaired) electrons. The summed E-state index contributed by atoms with van der Waals surface area (Å²) in [5, 5.41) is 2.84. The molecule has 1 aromatic heterocycles. The van der Waals surface area contributed by atoms with Crippen molar-refractivity contribution in [3.63, 3.8) is 0 Å². The second-order valence-electron chi connectivity index (χ2n) is 4.70. The Hall–Kier alpha value is -2.08. The molecule has 1 N–H and O–H groups in total. The Bertz CT molecular complexity index is 689. The molecule has 1 heterocycles. The monoisotopic (exact) mass is 364 g/mol. The van der Waals surface area contributed by atoms with Gasteiger partial charge >= 0.3 is 0 Å². The fraction of sp³-hybridized carbons (Fsp3) is 0.250. The molecule has 116 valence electrons. The van der Waals surface area contributed by atoms with Crippen LogP contribution in [-0.2, 0) is 6.54 Å². The summed E-state index contributed by atoms with van der Waals surface area (Å²) >= 11 is 3.36. The maximum Gasteiger partial charge on any atom is 0.271 e. The Balaban J connectivity index is 2.11. The standard InChI is InChI=1S/C16H17BrN2O3/c1-10-6-13(17)15(18-8-10)16(20)19-9-11-4-5-12(21-2)7-14(11)22-3/h4-8H,9H2,1-3H3,(H,19,20). The highest BCUT2D eigenvalue weighted by Gasteiger charge is 2.13. The zero-order valence-corrected chi connectivity index (χ0v) is 14.2. The number of rotatable bonds is 5. The van der Waals surface area contributed by atoms with E-state index < -0.39 is 0 Å². The first-order chi connectivity index (χ1) is 10.5. The number of aryl methyl sites for hydroxylation is 1. The quantitative estimate of drug-likeness (QED) is 0.885. The molecule has 0 bridgehead atoms. The number of carbonyl (C=O) groups is 1. The predicted molar refractivity (Wildman–Crippen MR) is 87.4 cm³/mol. The molecule has 1 aromatic carbocycles. The first-order valence-electron chi connectivity index (χ1n) is 6.66. The van der Waals surface area contributed by atoms with Crippen molar-refractivity contribution < 1.29 is 14.3 Å². The fourth-order valence-electron chi connectivity index (χ4n) is 1.96. The largest absolute Gasteiger partial charge is 0.497 e. The number of nitrogens with zero attached hydrogens (tertiary/aromatic N) is 1. The Morgan fingerprint density at radius 2 is 2.05 bits per heavy atom. The van der Waals surface area contributed by atoms with Gasteiger partial charge in [-0.1, -0.05) is 0 Å². The molecule has 0 fully saturated rings. The summed E-state index contributed by atoms with van der Waals surface area (Å²) < 4.78 is 11.1. The average molecular weight is 365 g/mol. The highest BCUT2D eigenvalue weighted by Crippen LogP contribution is 2.24.